The van der Waals surface area contributed by atoms with Crippen LogP contribution in [0.15, 0.2) is 18.2 Å². The number of carbonyl (C=O) groups excluding carboxylic acids is 1. The summed E-state index contributed by atoms with van der Waals surface area (Å²) in [4.78, 5) is 11.4. The smallest absolute Gasteiger partial charge is 0.338 e. The van der Waals surface area contributed by atoms with Crippen LogP contribution >= 0.6 is 0 Å². The molecule has 0 unspecified atom stereocenters. The quantitative estimate of drug-likeness (QED) is 0.722. The van der Waals surface area contributed by atoms with Gasteiger partial charge >= 0.3 is 5.97 Å². The second kappa shape index (κ2) is 4.77. The van der Waals surface area contributed by atoms with E-state index in [0.29, 0.717) is 5.75 Å². The van der Waals surface area contributed by atoms with E-state index >= 15 is 0 Å². The monoisotopic (exact) mass is 212 g/mol. The number of halogens is 1. The fourth-order valence-electron chi connectivity index (χ4n) is 1.08. The van der Waals surface area contributed by atoms with Crippen LogP contribution in [0.4, 0.5) is 4.39 Å². The average molecular weight is 212 g/mol. The fraction of sp³-hybridized carbons (Fsp3) is 0.364. The third-order valence-corrected chi connectivity index (χ3v) is 1.69. The average Bonchev–Trinajstić information content (AvgIpc) is 2.15. The van der Waals surface area contributed by atoms with Gasteiger partial charge in [0, 0.05) is 6.07 Å². The van der Waals surface area contributed by atoms with Crippen LogP contribution in [0.3, 0.4) is 0 Å². The molecule has 0 saturated carbocycles. The molecule has 3 nitrogen and oxygen atoms in total. The molecule has 0 radical (unpaired) electrons. The van der Waals surface area contributed by atoms with Gasteiger partial charge in [-0.3, -0.25) is 0 Å². The first-order valence-corrected chi connectivity index (χ1v) is 4.58. The minimum Gasteiger partial charge on any atom is -0.497 e. The molecule has 1 rings (SSSR count). The Bertz CT molecular complexity index is 361. The van der Waals surface area contributed by atoms with E-state index in [0.717, 1.165) is 6.07 Å². The third-order valence-electron chi connectivity index (χ3n) is 1.69. The largest absolute Gasteiger partial charge is 0.497 e. The van der Waals surface area contributed by atoms with Crippen LogP contribution in [0.2, 0.25) is 0 Å². The Hall–Kier alpha value is -1.58. The molecule has 0 fully saturated rings. The van der Waals surface area contributed by atoms with Gasteiger partial charge < -0.3 is 9.47 Å². The Morgan fingerprint density at radius 1 is 1.33 bits per heavy atom. The van der Waals surface area contributed by atoms with Crippen molar-refractivity contribution in [2.75, 3.05) is 7.11 Å². The van der Waals surface area contributed by atoms with Crippen LogP contribution in [-0.2, 0) is 4.74 Å². The van der Waals surface area contributed by atoms with Crippen LogP contribution in [-0.4, -0.2) is 19.2 Å². The molecule has 0 amide bonds. The third kappa shape index (κ3) is 3.23. The highest BCUT2D eigenvalue weighted by Gasteiger charge is 2.11. The summed E-state index contributed by atoms with van der Waals surface area (Å²) >= 11 is 0. The van der Waals surface area contributed by atoms with E-state index in [9.17, 15) is 9.18 Å². The van der Waals surface area contributed by atoms with Crippen LogP contribution in [0.25, 0.3) is 0 Å². The summed E-state index contributed by atoms with van der Waals surface area (Å²) in [6, 6.07) is 3.76. The lowest BCUT2D eigenvalue weighted by Gasteiger charge is -2.08. The molecule has 82 valence electrons. The number of benzene rings is 1. The van der Waals surface area contributed by atoms with Crippen LogP contribution in [0.5, 0.6) is 5.75 Å². The number of ether oxygens (including phenoxy) is 2. The Morgan fingerprint density at radius 2 is 2.00 bits per heavy atom. The van der Waals surface area contributed by atoms with Gasteiger partial charge in [-0.25, -0.2) is 9.18 Å². The number of hydrogen-bond donors (Lipinski definition) is 0. The Balaban J connectivity index is 2.93. The van der Waals surface area contributed by atoms with Gasteiger partial charge in [0.2, 0.25) is 0 Å². The van der Waals surface area contributed by atoms with E-state index in [1.54, 1.807) is 13.8 Å². The molecule has 0 atom stereocenters. The summed E-state index contributed by atoms with van der Waals surface area (Å²) in [6.45, 7) is 3.46. The summed E-state index contributed by atoms with van der Waals surface area (Å²) in [5.74, 6) is -0.779. The molecule has 0 aromatic heterocycles. The van der Waals surface area contributed by atoms with Crippen LogP contribution in [0.1, 0.15) is 24.2 Å². The van der Waals surface area contributed by atoms with E-state index in [-0.39, 0.29) is 11.7 Å². The Morgan fingerprint density at radius 3 is 2.53 bits per heavy atom. The molecule has 0 aliphatic carbocycles. The van der Waals surface area contributed by atoms with Crippen molar-refractivity contribution in [2.45, 2.75) is 20.0 Å². The van der Waals surface area contributed by atoms with Crippen molar-refractivity contribution in [3.8, 4) is 5.75 Å². The summed E-state index contributed by atoms with van der Waals surface area (Å²) < 4.78 is 22.8. The maximum Gasteiger partial charge on any atom is 0.338 e. The molecule has 1 aromatic rings. The molecule has 0 N–H and O–H groups in total. The van der Waals surface area contributed by atoms with Crippen molar-refractivity contribution in [3.63, 3.8) is 0 Å². The molecule has 0 bridgehead atoms. The number of carbonyl (C=O) groups is 1. The van der Waals surface area contributed by atoms with Gasteiger partial charge in [-0.15, -0.1) is 0 Å². The van der Waals surface area contributed by atoms with E-state index in [1.807, 2.05) is 0 Å². The second-order valence-electron chi connectivity index (χ2n) is 3.33. The normalized spacial score (nSPS) is 10.2. The first-order valence-electron chi connectivity index (χ1n) is 4.58. The molecular formula is C11H13FO3. The standard InChI is InChI=1S/C11H13FO3/c1-7(2)15-11(13)8-4-9(12)6-10(5-8)14-3/h4-7H,1-3H3. The highest BCUT2D eigenvalue weighted by molar-refractivity contribution is 5.90. The first kappa shape index (κ1) is 11.5. The molecule has 15 heavy (non-hydrogen) atoms. The zero-order chi connectivity index (χ0) is 11.4. The van der Waals surface area contributed by atoms with Gasteiger partial charge in [0.25, 0.3) is 0 Å². The molecule has 0 aliphatic rings. The van der Waals surface area contributed by atoms with Crippen molar-refractivity contribution >= 4 is 5.97 Å². The summed E-state index contributed by atoms with van der Waals surface area (Å²) in [5, 5.41) is 0. The fourth-order valence-corrected chi connectivity index (χ4v) is 1.08. The molecule has 0 spiro atoms. The lowest BCUT2D eigenvalue weighted by molar-refractivity contribution is 0.0377. The molecule has 0 aliphatic heterocycles. The van der Waals surface area contributed by atoms with Gasteiger partial charge in [0.1, 0.15) is 11.6 Å². The lowest BCUT2D eigenvalue weighted by Crippen LogP contribution is -2.11. The van der Waals surface area contributed by atoms with E-state index in [4.69, 9.17) is 9.47 Å². The van der Waals surface area contributed by atoms with Crippen molar-refractivity contribution < 1.29 is 18.7 Å². The number of esters is 1. The second-order valence-corrected chi connectivity index (χ2v) is 3.33. The Kier molecular flexibility index (Phi) is 3.66. The molecule has 4 heteroatoms. The molecule has 0 saturated heterocycles. The van der Waals surface area contributed by atoms with Crippen molar-refractivity contribution in [2.24, 2.45) is 0 Å². The Labute approximate surface area is 87.8 Å². The van der Waals surface area contributed by atoms with Crippen molar-refractivity contribution in [1.29, 1.82) is 0 Å². The highest BCUT2D eigenvalue weighted by Crippen LogP contribution is 2.17. The maximum atomic E-state index is 13.0. The van der Waals surface area contributed by atoms with E-state index in [2.05, 4.69) is 0 Å². The van der Waals surface area contributed by atoms with Crippen molar-refractivity contribution in [1.82, 2.24) is 0 Å². The van der Waals surface area contributed by atoms with E-state index < -0.39 is 11.8 Å². The SMILES string of the molecule is COc1cc(F)cc(C(=O)OC(C)C)c1. The molecule has 0 heterocycles. The van der Waals surface area contributed by atoms with Gasteiger partial charge in [-0.1, -0.05) is 0 Å². The summed E-state index contributed by atoms with van der Waals surface area (Å²) in [6.07, 6.45) is -0.230. The lowest BCUT2D eigenvalue weighted by atomic mass is 10.2. The highest BCUT2D eigenvalue weighted by atomic mass is 19.1. The maximum absolute atomic E-state index is 13.0. The van der Waals surface area contributed by atoms with Gasteiger partial charge in [0.15, 0.2) is 0 Å². The first-order chi connectivity index (χ1) is 7.02. The topological polar surface area (TPSA) is 35.5 Å². The van der Waals surface area contributed by atoms with Crippen molar-refractivity contribution in [3.05, 3.63) is 29.6 Å². The molecular weight excluding hydrogens is 199 g/mol. The van der Waals surface area contributed by atoms with Crippen LogP contribution < -0.4 is 4.74 Å². The van der Waals surface area contributed by atoms with Crippen LogP contribution in [0, 0.1) is 5.82 Å². The molecule has 1 aromatic carbocycles. The predicted molar refractivity (Wildman–Crippen MR) is 53.5 cm³/mol. The minimum atomic E-state index is -0.553. The van der Waals surface area contributed by atoms with Gasteiger partial charge in [-0.05, 0) is 26.0 Å². The minimum absolute atomic E-state index is 0.153. The van der Waals surface area contributed by atoms with Gasteiger partial charge in [0.05, 0.1) is 18.8 Å². The predicted octanol–water partition coefficient (Wildman–Crippen LogP) is 2.40. The van der Waals surface area contributed by atoms with Gasteiger partial charge in [-0.2, -0.15) is 0 Å². The van der Waals surface area contributed by atoms with E-state index in [1.165, 1.54) is 19.2 Å². The number of methoxy groups -OCH3 is 1. The number of rotatable bonds is 3. The summed E-state index contributed by atoms with van der Waals surface area (Å²) in [5.41, 5.74) is 0.153. The zero-order valence-electron chi connectivity index (χ0n) is 8.91. The number of hydrogen-bond acceptors (Lipinski definition) is 3. The summed E-state index contributed by atoms with van der Waals surface area (Å²) in [7, 11) is 1.41. The zero-order valence-corrected chi connectivity index (χ0v) is 8.91.